The van der Waals surface area contributed by atoms with Gasteiger partial charge in [0.1, 0.15) is 0 Å². The molecule has 1 aromatic rings. The predicted octanol–water partition coefficient (Wildman–Crippen LogP) is 1.95. The van der Waals surface area contributed by atoms with Crippen LogP contribution in [0.5, 0.6) is 0 Å². The molecule has 2 atom stereocenters. The zero-order chi connectivity index (χ0) is 9.38. The van der Waals surface area contributed by atoms with Gasteiger partial charge in [-0.25, -0.2) is 0 Å². The van der Waals surface area contributed by atoms with Crippen molar-refractivity contribution in [1.82, 2.24) is 5.32 Å². The first kappa shape index (κ1) is 8.30. The molecule has 0 amide bonds. The SMILES string of the molecule is c1ccc2c(c1)N[C@H]1CCNCC[C@H]21. The van der Waals surface area contributed by atoms with Crippen LogP contribution in [0, 0.1) is 0 Å². The highest BCUT2D eigenvalue weighted by molar-refractivity contribution is 5.59. The van der Waals surface area contributed by atoms with Crippen LogP contribution in [0.2, 0.25) is 0 Å². The fourth-order valence-corrected chi connectivity index (χ4v) is 2.74. The van der Waals surface area contributed by atoms with Crippen molar-refractivity contribution in [3.8, 4) is 0 Å². The van der Waals surface area contributed by atoms with Crippen molar-refractivity contribution in [3.05, 3.63) is 29.8 Å². The number of rotatable bonds is 0. The molecule has 1 aromatic carbocycles. The van der Waals surface area contributed by atoms with Crippen molar-refractivity contribution in [1.29, 1.82) is 0 Å². The summed E-state index contributed by atoms with van der Waals surface area (Å²) in [6.07, 6.45) is 2.52. The zero-order valence-corrected chi connectivity index (χ0v) is 8.29. The van der Waals surface area contributed by atoms with Crippen molar-refractivity contribution in [3.63, 3.8) is 0 Å². The maximum Gasteiger partial charge on any atom is 0.0378 e. The first-order valence-electron chi connectivity index (χ1n) is 5.51. The van der Waals surface area contributed by atoms with Crippen molar-refractivity contribution >= 4 is 5.69 Å². The summed E-state index contributed by atoms with van der Waals surface area (Å²) in [5.41, 5.74) is 2.89. The quantitative estimate of drug-likeness (QED) is 0.650. The third-order valence-electron chi connectivity index (χ3n) is 3.45. The summed E-state index contributed by atoms with van der Waals surface area (Å²) in [6, 6.07) is 9.43. The van der Waals surface area contributed by atoms with Crippen LogP contribution in [0.1, 0.15) is 24.3 Å². The standard InChI is InChI=1S/C12H16N2/c1-2-4-11-9(3-1)10-5-7-13-8-6-12(10)14-11/h1-4,10,12-14H,5-8H2/t10-,12+/m1/s1. The first-order chi connectivity index (χ1) is 6.95. The molecule has 0 radical (unpaired) electrons. The van der Waals surface area contributed by atoms with Crippen molar-refractivity contribution < 1.29 is 0 Å². The molecular formula is C12H16N2. The highest BCUT2D eigenvalue weighted by Gasteiger charge is 2.31. The summed E-state index contributed by atoms with van der Waals surface area (Å²) in [5.74, 6) is 0.737. The lowest BCUT2D eigenvalue weighted by atomic mass is 9.91. The molecule has 2 N–H and O–H groups in total. The summed E-state index contributed by atoms with van der Waals surface area (Å²) >= 11 is 0. The van der Waals surface area contributed by atoms with E-state index in [0.29, 0.717) is 6.04 Å². The van der Waals surface area contributed by atoms with E-state index < -0.39 is 0 Å². The highest BCUT2D eigenvalue weighted by Crippen LogP contribution is 2.39. The third-order valence-corrected chi connectivity index (χ3v) is 3.45. The van der Waals surface area contributed by atoms with E-state index in [9.17, 15) is 0 Å². The molecule has 2 heterocycles. The van der Waals surface area contributed by atoms with E-state index in [1.807, 2.05) is 0 Å². The molecule has 2 nitrogen and oxygen atoms in total. The molecule has 3 rings (SSSR count). The summed E-state index contributed by atoms with van der Waals surface area (Å²) in [7, 11) is 0. The summed E-state index contributed by atoms with van der Waals surface area (Å²) < 4.78 is 0. The number of para-hydroxylation sites is 1. The van der Waals surface area contributed by atoms with E-state index in [1.54, 1.807) is 0 Å². The molecule has 2 heteroatoms. The Morgan fingerprint density at radius 2 is 1.93 bits per heavy atom. The van der Waals surface area contributed by atoms with Gasteiger partial charge in [-0.2, -0.15) is 0 Å². The van der Waals surface area contributed by atoms with Crippen molar-refractivity contribution in [2.45, 2.75) is 24.8 Å². The number of hydrogen-bond acceptors (Lipinski definition) is 2. The van der Waals surface area contributed by atoms with Gasteiger partial charge in [-0.05, 0) is 37.6 Å². The van der Waals surface area contributed by atoms with Crippen LogP contribution in [-0.4, -0.2) is 19.1 Å². The van der Waals surface area contributed by atoms with Gasteiger partial charge in [0, 0.05) is 17.6 Å². The molecule has 0 unspecified atom stereocenters. The molecule has 0 spiro atoms. The van der Waals surface area contributed by atoms with Gasteiger partial charge in [0.05, 0.1) is 0 Å². The molecule has 0 aromatic heterocycles. The maximum absolute atomic E-state index is 3.64. The van der Waals surface area contributed by atoms with Gasteiger partial charge in [-0.15, -0.1) is 0 Å². The van der Waals surface area contributed by atoms with Crippen LogP contribution < -0.4 is 10.6 Å². The number of nitrogens with one attached hydrogen (secondary N) is 2. The van der Waals surface area contributed by atoms with Crippen LogP contribution in [0.25, 0.3) is 0 Å². The minimum atomic E-state index is 0.669. The van der Waals surface area contributed by atoms with E-state index >= 15 is 0 Å². The van der Waals surface area contributed by atoms with Gasteiger partial charge in [-0.1, -0.05) is 18.2 Å². The minimum Gasteiger partial charge on any atom is -0.381 e. The summed E-state index contributed by atoms with van der Waals surface area (Å²) in [5, 5.41) is 7.10. The molecule has 0 bridgehead atoms. The second-order valence-corrected chi connectivity index (χ2v) is 4.27. The second kappa shape index (κ2) is 3.28. The van der Waals surface area contributed by atoms with Gasteiger partial charge < -0.3 is 10.6 Å². The molecule has 0 aliphatic carbocycles. The number of anilines is 1. The fraction of sp³-hybridized carbons (Fsp3) is 0.500. The lowest BCUT2D eigenvalue weighted by molar-refractivity contribution is 0.578. The smallest absolute Gasteiger partial charge is 0.0378 e. The Morgan fingerprint density at radius 1 is 1.07 bits per heavy atom. The van der Waals surface area contributed by atoms with Gasteiger partial charge in [0.25, 0.3) is 0 Å². The Morgan fingerprint density at radius 3 is 2.93 bits per heavy atom. The average Bonchev–Trinajstić information content (AvgIpc) is 2.42. The van der Waals surface area contributed by atoms with Crippen molar-refractivity contribution in [2.24, 2.45) is 0 Å². The normalized spacial score (nSPS) is 30.0. The second-order valence-electron chi connectivity index (χ2n) is 4.27. The van der Waals surface area contributed by atoms with E-state index in [-0.39, 0.29) is 0 Å². The van der Waals surface area contributed by atoms with E-state index in [4.69, 9.17) is 0 Å². The van der Waals surface area contributed by atoms with E-state index in [0.717, 1.165) is 19.0 Å². The van der Waals surface area contributed by atoms with Gasteiger partial charge >= 0.3 is 0 Å². The van der Waals surface area contributed by atoms with Crippen LogP contribution >= 0.6 is 0 Å². The molecule has 74 valence electrons. The van der Waals surface area contributed by atoms with Gasteiger partial charge in [0.15, 0.2) is 0 Å². The van der Waals surface area contributed by atoms with E-state index in [1.165, 1.54) is 24.1 Å². The topological polar surface area (TPSA) is 24.1 Å². The number of fused-ring (bicyclic) bond motifs is 3. The van der Waals surface area contributed by atoms with Crippen LogP contribution in [0.4, 0.5) is 5.69 Å². The summed E-state index contributed by atoms with van der Waals surface area (Å²) in [4.78, 5) is 0. The molecule has 1 fully saturated rings. The average molecular weight is 188 g/mol. The Bertz CT molecular complexity index is 335. The predicted molar refractivity (Wildman–Crippen MR) is 58.7 cm³/mol. The fourth-order valence-electron chi connectivity index (χ4n) is 2.74. The lowest BCUT2D eigenvalue weighted by Gasteiger charge is -2.15. The Hall–Kier alpha value is -1.02. The maximum atomic E-state index is 3.64. The monoisotopic (exact) mass is 188 g/mol. The number of benzene rings is 1. The highest BCUT2D eigenvalue weighted by atomic mass is 15.0. The molecule has 0 saturated carbocycles. The van der Waals surface area contributed by atoms with Gasteiger partial charge in [0.2, 0.25) is 0 Å². The zero-order valence-electron chi connectivity index (χ0n) is 8.29. The van der Waals surface area contributed by atoms with Crippen LogP contribution in [0.3, 0.4) is 0 Å². The first-order valence-corrected chi connectivity index (χ1v) is 5.51. The molecular weight excluding hydrogens is 172 g/mol. The molecule has 14 heavy (non-hydrogen) atoms. The minimum absolute atomic E-state index is 0.669. The van der Waals surface area contributed by atoms with E-state index in [2.05, 4.69) is 34.9 Å². The molecule has 2 aliphatic heterocycles. The molecule has 1 saturated heterocycles. The molecule has 2 aliphatic rings. The largest absolute Gasteiger partial charge is 0.381 e. The van der Waals surface area contributed by atoms with Crippen LogP contribution in [0.15, 0.2) is 24.3 Å². The Balaban J connectivity index is 1.96. The Labute approximate surface area is 84.7 Å². The van der Waals surface area contributed by atoms with Gasteiger partial charge in [-0.3, -0.25) is 0 Å². The van der Waals surface area contributed by atoms with Crippen LogP contribution in [-0.2, 0) is 0 Å². The lowest BCUT2D eigenvalue weighted by Crippen LogP contribution is -2.21. The van der Waals surface area contributed by atoms with Crippen molar-refractivity contribution in [2.75, 3.05) is 18.4 Å². The third kappa shape index (κ3) is 1.22. The Kier molecular flexibility index (Phi) is 1.95. The number of hydrogen-bond donors (Lipinski definition) is 2. The summed E-state index contributed by atoms with van der Waals surface area (Å²) in [6.45, 7) is 2.32.